The summed E-state index contributed by atoms with van der Waals surface area (Å²) in [6.45, 7) is 0.907. The van der Waals surface area contributed by atoms with E-state index in [1.54, 1.807) is 34.9 Å². The van der Waals surface area contributed by atoms with Crippen LogP contribution in [-0.2, 0) is 17.9 Å². The van der Waals surface area contributed by atoms with E-state index < -0.39 is 17.6 Å². The number of rotatable bonds is 9. The topological polar surface area (TPSA) is 119 Å². The van der Waals surface area contributed by atoms with Crippen LogP contribution < -0.4 is 9.47 Å². The predicted octanol–water partition coefficient (Wildman–Crippen LogP) is 6.11. The summed E-state index contributed by atoms with van der Waals surface area (Å²) in [7, 11) is 0. The Morgan fingerprint density at radius 3 is 2.64 bits per heavy atom. The molecule has 6 rings (SSSR count). The third-order valence-corrected chi connectivity index (χ3v) is 6.85. The Hall–Kier alpha value is -5.34. The van der Waals surface area contributed by atoms with Crippen LogP contribution in [-0.4, -0.2) is 38.3 Å². The van der Waals surface area contributed by atoms with Gasteiger partial charge in [-0.3, -0.25) is 4.57 Å². The Morgan fingerprint density at radius 1 is 1.07 bits per heavy atom. The molecule has 0 spiro atoms. The van der Waals surface area contributed by atoms with Gasteiger partial charge in [0.2, 0.25) is 5.88 Å². The Morgan fingerprint density at radius 2 is 1.93 bits per heavy atom. The molecular weight excluding hydrogens is 546 g/mol. The van der Waals surface area contributed by atoms with Gasteiger partial charge in [-0.1, -0.05) is 12.1 Å². The van der Waals surface area contributed by atoms with Crippen molar-refractivity contribution in [3.05, 3.63) is 101 Å². The normalized spacial score (nSPS) is 14.3. The first-order chi connectivity index (χ1) is 20.4. The third-order valence-electron chi connectivity index (χ3n) is 6.85. The molecule has 1 saturated heterocycles. The number of carboxylic acids is 1. The first-order valence-corrected chi connectivity index (χ1v) is 13.0. The molecule has 9 nitrogen and oxygen atoms in total. The van der Waals surface area contributed by atoms with Crippen molar-refractivity contribution in [3.63, 3.8) is 0 Å². The number of aromatic nitrogens is 3. The molecule has 0 radical (unpaired) electrons. The number of nitrogens with zero attached hydrogens (tertiary/aromatic N) is 4. The summed E-state index contributed by atoms with van der Waals surface area (Å²) < 4.78 is 48.3. The number of aromatic carboxylic acids is 1. The Labute approximate surface area is 238 Å². The van der Waals surface area contributed by atoms with Gasteiger partial charge in [-0.05, 0) is 61.0 Å². The number of nitriles is 1. The zero-order chi connectivity index (χ0) is 29.2. The highest BCUT2D eigenvalue weighted by Crippen LogP contribution is 2.32. The van der Waals surface area contributed by atoms with Crippen LogP contribution in [0.1, 0.15) is 27.9 Å². The molecule has 42 heavy (non-hydrogen) atoms. The van der Waals surface area contributed by atoms with Gasteiger partial charge in [0, 0.05) is 23.8 Å². The summed E-state index contributed by atoms with van der Waals surface area (Å²) in [4.78, 5) is 20.4. The second kappa shape index (κ2) is 11.3. The number of carbonyl (C=O) groups is 1. The first kappa shape index (κ1) is 26.9. The maximum Gasteiger partial charge on any atom is 0.335 e. The standard InChI is InChI=1S/C31H22F2N4O5/c32-23-12-18(15-34)4-5-21(23)17-41-29-3-1-2-25(35-29)19-7-9-28(24(33)13-19)42-31-36-26-8-6-20(30(38)39)14-27(26)37(31)16-22-10-11-40-22/h1-9,12-14,22H,10-11,16-17H2,(H,38,39)/t22-/m0/s1. The minimum absolute atomic E-state index is 0.0769. The van der Waals surface area contributed by atoms with E-state index in [1.807, 2.05) is 6.07 Å². The molecule has 1 fully saturated rings. The van der Waals surface area contributed by atoms with Crippen LogP contribution in [0.4, 0.5) is 8.78 Å². The average molecular weight is 569 g/mol. The summed E-state index contributed by atoms with van der Waals surface area (Å²) in [6.07, 6.45) is 0.748. The van der Waals surface area contributed by atoms with E-state index in [4.69, 9.17) is 19.5 Å². The van der Waals surface area contributed by atoms with E-state index in [-0.39, 0.29) is 47.0 Å². The molecule has 5 aromatic rings. The van der Waals surface area contributed by atoms with Crippen molar-refractivity contribution >= 4 is 17.0 Å². The van der Waals surface area contributed by atoms with Crippen LogP contribution in [0.25, 0.3) is 22.3 Å². The molecule has 3 heterocycles. The number of ether oxygens (including phenoxy) is 3. The maximum atomic E-state index is 15.3. The molecule has 0 unspecified atom stereocenters. The van der Waals surface area contributed by atoms with Gasteiger partial charge in [0.1, 0.15) is 12.4 Å². The van der Waals surface area contributed by atoms with Crippen molar-refractivity contribution in [3.8, 4) is 35.0 Å². The van der Waals surface area contributed by atoms with E-state index in [9.17, 15) is 14.3 Å². The monoisotopic (exact) mass is 568 g/mol. The van der Waals surface area contributed by atoms with Crippen molar-refractivity contribution < 1.29 is 32.9 Å². The van der Waals surface area contributed by atoms with E-state index in [1.165, 1.54) is 36.4 Å². The number of hydrogen-bond donors (Lipinski definition) is 1. The smallest absolute Gasteiger partial charge is 0.335 e. The van der Waals surface area contributed by atoms with Crippen LogP contribution >= 0.6 is 0 Å². The zero-order valence-electron chi connectivity index (χ0n) is 22.0. The largest absolute Gasteiger partial charge is 0.478 e. The van der Waals surface area contributed by atoms with Crippen molar-refractivity contribution in [1.82, 2.24) is 14.5 Å². The van der Waals surface area contributed by atoms with Crippen molar-refractivity contribution in [2.24, 2.45) is 0 Å². The highest BCUT2D eigenvalue weighted by Gasteiger charge is 2.24. The average Bonchev–Trinajstić information content (AvgIpc) is 3.31. The van der Waals surface area contributed by atoms with Crippen molar-refractivity contribution in [2.45, 2.75) is 25.7 Å². The molecule has 1 atom stereocenters. The van der Waals surface area contributed by atoms with E-state index >= 15 is 4.39 Å². The Balaban J connectivity index is 1.23. The van der Waals surface area contributed by atoms with Gasteiger partial charge in [0.25, 0.3) is 0 Å². The number of carboxylic acid groups (broad SMARTS) is 1. The maximum absolute atomic E-state index is 15.3. The quantitative estimate of drug-likeness (QED) is 0.226. The molecule has 1 aliphatic rings. The van der Waals surface area contributed by atoms with Gasteiger partial charge in [-0.15, -0.1) is 0 Å². The number of pyridine rings is 1. The summed E-state index contributed by atoms with van der Waals surface area (Å²) in [5.74, 6) is -2.15. The fraction of sp³-hybridized carbons (Fsp3) is 0.161. The number of hydrogen-bond acceptors (Lipinski definition) is 7. The Kier molecular flexibility index (Phi) is 7.21. The number of imidazole rings is 1. The van der Waals surface area contributed by atoms with Crippen LogP contribution in [0.5, 0.6) is 17.6 Å². The summed E-state index contributed by atoms with van der Waals surface area (Å²) in [5.41, 5.74) is 2.50. The lowest BCUT2D eigenvalue weighted by Crippen LogP contribution is -2.31. The third kappa shape index (κ3) is 5.48. The number of benzene rings is 3. The fourth-order valence-corrected chi connectivity index (χ4v) is 4.50. The van der Waals surface area contributed by atoms with E-state index in [0.717, 1.165) is 12.5 Å². The lowest BCUT2D eigenvalue weighted by atomic mass is 10.1. The van der Waals surface area contributed by atoms with Crippen LogP contribution in [0.2, 0.25) is 0 Å². The highest BCUT2D eigenvalue weighted by molar-refractivity contribution is 5.92. The van der Waals surface area contributed by atoms with Gasteiger partial charge in [-0.2, -0.15) is 10.2 Å². The molecule has 11 heteroatoms. The molecule has 210 valence electrons. The Bertz CT molecular complexity index is 1860. The van der Waals surface area contributed by atoms with Gasteiger partial charge < -0.3 is 19.3 Å². The van der Waals surface area contributed by atoms with Crippen molar-refractivity contribution in [2.75, 3.05) is 6.61 Å². The van der Waals surface area contributed by atoms with E-state index in [2.05, 4.69) is 9.97 Å². The molecule has 3 aromatic carbocycles. The number of fused-ring (bicyclic) bond motifs is 1. The molecule has 2 aromatic heterocycles. The van der Waals surface area contributed by atoms with Crippen LogP contribution in [0, 0.1) is 23.0 Å². The predicted molar refractivity (Wildman–Crippen MR) is 146 cm³/mol. The molecule has 0 saturated carbocycles. The van der Waals surface area contributed by atoms with Gasteiger partial charge in [0.15, 0.2) is 11.6 Å². The van der Waals surface area contributed by atoms with Crippen molar-refractivity contribution in [1.29, 1.82) is 5.26 Å². The summed E-state index contributed by atoms with van der Waals surface area (Å²) >= 11 is 0. The summed E-state index contributed by atoms with van der Waals surface area (Å²) in [6, 6.07) is 20.0. The molecular formula is C31H22F2N4O5. The summed E-state index contributed by atoms with van der Waals surface area (Å²) in [5, 5.41) is 18.3. The molecule has 1 aliphatic heterocycles. The molecule has 0 aliphatic carbocycles. The zero-order valence-corrected chi connectivity index (χ0v) is 22.0. The highest BCUT2D eigenvalue weighted by atomic mass is 19.1. The molecule has 0 bridgehead atoms. The minimum atomic E-state index is -1.07. The molecule has 1 N–H and O–H groups in total. The lowest BCUT2D eigenvalue weighted by Gasteiger charge is -2.27. The van der Waals surface area contributed by atoms with Gasteiger partial charge >= 0.3 is 12.0 Å². The lowest BCUT2D eigenvalue weighted by molar-refractivity contribution is -0.0593. The first-order valence-electron chi connectivity index (χ1n) is 13.0. The second-order valence-electron chi connectivity index (χ2n) is 9.61. The van der Waals surface area contributed by atoms with E-state index in [0.29, 0.717) is 35.4 Å². The SMILES string of the molecule is N#Cc1ccc(COc2cccc(-c3ccc(Oc4nc5ccc(C(=O)O)cc5n4C[C@@H]4CCO4)c(F)c3)n2)c(F)c1. The van der Waals surface area contributed by atoms with Gasteiger partial charge in [0.05, 0.1) is 46.6 Å². The number of halogens is 2. The van der Waals surface area contributed by atoms with Crippen LogP contribution in [0.15, 0.2) is 72.8 Å². The minimum Gasteiger partial charge on any atom is -0.478 e. The second-order valence-corrected chi connectivity index (χ2v) is 9.61. The van der Waals surface area contributed by atoms with Crippen LogP contribution in [0.3, 0.4) is 0 Å². The fourth-order valence-electron chi connectivity index (χ4n) is 4.50. The van der Waals surface area contributed by atoms with Gasteiger partial charge in [-0.25, -0.2) is 18.6 Å². The molecule has 0 amide bonds.